The second-order valence-corrected chi connectivity index (χ2v) is 3.94. The number of thiophene rings is 1. The molecule has 0 aromatic carbocycles. The summed E-state index contributed by atoms with van der Waals surface area (Å²) in [6.07, 6.45) is 2.79. The van der Waals surface area contributed by atoms with E-state index in [2.05, 4.69) is 0 Å². The zero-order chi connectivity index (χ0) is 9.68. The van der Waals surface area contributed by atoms with Gasteiger partial charge in [-0.15, -0.1) is 11.3 Å². The number of ether oxygens (including phenoxy) is 1. The first kappa shape index (κ1) is 10.3. The second-order valence-electron chi connectivity index (χ2n) is 2.23. The summed E-state index contributed by atoms with van der Waals surface area (Å²) in [7, 11) is 0. The fourth-order valence-electron chi connectivity index (χ4n) is 0.735. The van der Waals surface area contributed by atoms with Gasteiger partial charge in [0, 0.05) is 6.08 Å². The molecule has 1 heterocycles. The number of halogens is 1. The molecule has 1 aromatic rings. The molecule has 0 fully saturated rings. The van der Waals surface area contributed by atoms with Crippen LogP contribution in [0, 0.1) is 0 Å². The maximum Gasteiger partial charge on any atom is 0.198 e. The molecule has 70 valence electrons. The Hall–Kier alpha value is -0.800. The van der Waals surface area contributed by atoms with Gasteiger partial charge in [0.05, 0.1) is 22.1 Å². The van der Waals surface area contributed by atoms with Gasteiger partial charge in [-0.3, -0.25) is 4.79 Å². The Morgan fingerprint density at radius 2 is 2.46 bits per heavy atom. The van der Waals surface area contributed by atoms with Crippen molar-refractivity contribution in [1.82, 2.24) is 0 Å². The first-order valence-electron chi connectivity index (χ1n) is 3.82. The lowest BCUT2D eigenvalue weighted by Gasteiger charge is -1.91. The number of rotatable bonds is 4. The van der Waals surface area contributed by atoms with E-state index < -0.39 is 0 Å². The third-order valence-corrected chi connectivity index (χ3v) is 2.54. The Kier molecular flexibility index (Phi) is 3.99. The van der Waals surface area contributed by atoms with Crippen molar-refractivity contribution in [3.63, 3.8) is 0 Å². The average Bonchev–Trinajstić information content (AvgIpc) is 2.52. The summed E-state index contributed by atoms with van der Waals surface area (Å²) < 4.78 is 5.52. The standard InChI is InChI=1S/C9H9ClO2S/c1-2-12-6-5-7(11)8-3-4-9(10)13-8/h3-6H,2H2,1H3/b6-5+. The van der Waals surface area contributed by atoms with Gasteiger partial charge >= 0.3 is 0 Å². The summed E-state index contributed by atoms with van der Waals surface area (Å²) in [5.41, 5.74) is 0. The van der Waals surface area contributed by atoms with Crippen LogP contribution in [0.4, 0.5) is 0 Å². The lowest BCUT2D eigenvalue weighted by molar-refractivity contribution is 0.104. The third-order valence-electron chi connectivity index (χ3n) is 1.30. The molecule has 1 aromatic heterocycles. The molecule has 0 atom stereocenters. The van der Waals surface area contributed by atoms with E-state index in [1.54, 1.807) is 12.1 Å². The molecule has 0 spiro atoms. The minimum atomic E-state index is -0.0784. The average molecular weight is 217 g/mol. The molecule has 0 saturated carbocycles. The lowest BCUT2D eigenvalue weighted by Crippen LogP contribution is -1.89. The van der Waals surface area contributed by atoms with Crippen molar-refractivity contribution in [1.29, 1.82) is 0 Å². The van der Waals surface area contributed by atoms with Crippen LogP contribution in [0.25, 0.3) is 0 Å². The highest BCUT2D eigenvalue weighted by molar-refractivity contribution is 7.18. The summed E-state index contributed by atoms with van der Waals surface area (Å²) in [4.78, 5) is 11.9. The highest BCUT2D eigenvalue weighted by Gasteiger charge is 2.04. The van der Waals surface area contributed by atoms with Crippen LogP contribution in [0.1, 0.15) is 16.6 Å². The smallest absolute Gasteiger partial charge is 0.198 e. The molecule has 0 radical (unpaired) electrons. The zero-order valence-corrected chi connectivity index (χ0v) is 8.69. The predicted octanol–water partition coefficient (Wildman–Crippen LogP) is 3.13. The van der Waals surface area contributed by atoms with Gasteiger partial charge in [0.2, 0.25) is 0 Å². The van der Waals surface area contributed by atoms with E-state index in [4.69, 9.17) is 16.3 Å². The Labute approximate surface area is 85.8 Å². The van der Waals surface area contributed by atoms with Crippen molar-refractivity contribution >= 4 is 28.7 Å². The van der Waals surface area contributed by atoms with Crippen LogP contribution in [0.3, 0.4) is 0 Å². The molecule has 0 unspecified atom stereocenters. The Morgan fingerprint density at radius 1 is 1.69 bits per heavy atom. The van der Waals surface area contributed by atoms with Crippen LogP contribution in [0.15, 0.2) is 24.5 Å². The van der Waals surface area contributed by atoms with Crippen LogP contribution in [-0.2, 0) is 4.74 Å². The minimum Gasteiger partial charge on any atom is -0.501 e. The fraction of sp³-hybridized carbons (Fsp3) is 0.222. The number of ketones is 1. The van der Waals surface area contributed by atoms with Crippen molar-refractivity contribution in [2.24, 2.45) is 0 Å². The molecule has 13 heavy (non-hydrogen) atoms. The van der Waals surface area contributed by atoms with E-state index in [0.29, 0.717) is 15.8 Å². The summed E-state index contributed by atoms with van der Waals surface area (Å²) >= 11 is 6.94. The van der Waals surface area contributed by atoms with E-state index in [1.807, 2.05) is 6.92 Å². The zero-order valence-electron chi connectivity index (χ0n) is 7.12. The van der Waals surface area contributed by atoms with Gasteiger partial charge in [0.15, 0.2) is 5.78 Å². The highest BCUT2D eigenvalue weighted by atomic mass is 35.5. The molecule has 2 nitrogen and oxygen atoms in total. The second kappa shape index (κ2) is 5.04. The number of hydrogen-bond donors (Lipinski definition) is 0. The topological polar surface area (TPSA) is 26.3 Å². The van der Waals surface area contributed by atoms with Crippen molar-refractivity contribution in [2.75, 3.05) is 6.61 Å². The van der Waals surface area contributed by atoms with E-state index in [-0.39, 0.29) is 5.78 Å². The Morgan fingerprint density at radius 3 is 3.00 bits per heavy atom. The SMILES string of the molecule is CCO/C=C/C(=O)c1ccc(Cl)s1. The number of hydrogen-bond acceptors (Lipinski definition) is 3. The van der Waals surface area contributed by atoms with Gasteiger partial charge in [-0.2, -0.15) is 0 Å². The Bertz CT molecular complexity index is 317. The Balaban J connectivity index is 2.58. The monoisotopic (exact) mass is 216 g/mol. The summed E-state index contributed by atoms with van der Waals surface area (Å²) in [5.74, 6) is -0.0784. The number of carbonyl (C=O) groups excluding carboxylic acids is 1. The van der Waals surface area contributed by atoms with Gasteiger partial charge in [0.25, 0.3) is 0 Å². The van der Waals surface area contributed by atoms with Crippen LogP contribution in [0.2, 0.25) is 4.34 Å². The maximum absolute atomic E-state index is 11.3. The first-order valence-corrected chi connectivity index (χ1v) is 5.01. The molecule has 4 heteroatoms. The molecule has 0 aliphatic carbocycles. The minimum absolute atomic E-state index is 0.0784. The molecule has 0 N–H and O–H groups in total. The van der Waals surface area contributed by atoms with E-state index in [1.165, 1.54) is 23.7 Å². The molecule has 1 rings (SSSR count). The quantitative estimate of drug-likeness (QED) is 0.439. The number of allylic oxidation sites excluding steroid dienone is 1. The van der Waals surface area contributed by atoms with Crippen LogP contribution in [0.5, 0.6) is 0 Å². The third kappa shape index (κ3) is 3.20. The van der Waals surface area contributed by atoms with Gasteiger partial charge in [-0.25, -0.2) is 0 Å². The maximum atomic E-state index is 11.3. The van der Waals surface area contributed by atoms with Crippen LogP contribution >= 0.6 is 22.9 Å². The van der Waals surface area contributed by atoms with E-state index >= 15 is 0 Å². The van der Waals surface area contributed by atoms with Gasteiger partial charge in [-0.1, -0.05) is 11.6 Å². The van der Waals surface area contributed by atoms with Gasteiger partial charge in [-0.05, 0) is 19.1 Å². The summed E-state index contributed by atoms with van der Waals surface area (Å²) in [5, 5.41) is 0. The molecule has 0 bridgehead atoms. The van der Waals surface area contributed by atoms with Gasteiger partial charge in [0.1, 0.15) is 0 Å². The van der Waals surface area contributed by atoms with Crippen molar-refractivity contribution in [3.05, 3.63) is 33.7 Å². The molecule has 0 aliphatic heterocycles. The predicted molar refractivity (Wildman–Crippen MR) is 54.4 cm³/mol. The first-order chi connectivity index (χ1) is 6.24. The van der Waals surface area contributed by atoms with Crippen molar-refractivity contribution in [3.8, 4) is 0 Å². The fourth-order valence-corrected chi connectivity index (χ4v) is 1.70. The number of carbonyl (C=O) groups is 1. The highest BCUT2D eigenvalue weighted by Crippen LogP contribution is 2.21. The lowest BCUT2D eigenvalue weighted by atomic mass is 10.3. The van der Waals surface area contributed by atoms with Gasteiger partial charge < -0.3 is 4.74 Å². The van der Waals surface area contributed by atoms with Crippen molar-refractivity contribution < 1.29 is 9.53 Å². The van der Waals surface area contributed by atoms with Crippen LogP contribution in [-0.4, -0.2) is 12.4 Å². The normalized spacial score (nSPS) is 10.6. The molecular formula is C9H9ClO2S. The summed E-state index contributed by atoms with van der Waals surface area (Å²) in [6.45, 7) is 2.42. The molecule has 0 amide bonds. The van der Waals surface area contributed by atoms with E-state index in [9.17, 15) is 4.79 Å². The molecular weight excluding hydrogens is 208 g/mol. The summed E-state index contributed by atoms with van der Waals surface area (Å²) in [6, 6.07) is 3.40. The van der Waals surface area contributed by atoms with Crippen LogP contribution < -0.4 is 0 Å². The molecule has 0 aliphatic rings. The largest absolute Gasteiger partial charge is 0.501 e. The molecule has 0 saturated heterocycles. The van der Waals surface area contributed by atoms with Crippen molar-refractivity contribution in [2.45, 2.75) is 6.92 Å². The van der Waals surface area contributed by atoms with E-state index in [0.717, 1.165) is 0 Å².